The van der Waals surface area contributed by atoms with Gasteiger partial charge in [0.05, 0.1) is 12.7 Å². The fourth-order valence-electron chi connectivity index (χ4n) is 2.15. The fourth-order valence-corrected chi connectivity index (χ4v) is 3.11. The summed E-state index contributed by atoms with van der Waals surface area (Å²) < 4.78 is 3.49. The molecule has 0 saturated heterocycles. The zero-order valence-corrected chi connectivity index (χ0v) is 19.5. The van der Waals surface area contributed by atoms with Crippen molar-refractivity contribution in [3.05, 3.63) is 64.1 Å². The molecule has 0 saturated carbocycles. The number of halogens is 4. The number of rotatable bonds is 5. The highest BCUT2D eigenvalue weighted by Gasteiger charge is 2.35. The lowest BCUT2D eigenvalue weighted by molar-refractivity contribution is 0.0600. The fraction of sp³-hybridized carbons (Fsp3) is 0.167. The maximum Gasteiger partial charge on any atom is 0.337 e. The average molecular weight is 540 g/mol. The van der Waals surface area contributed by atoms with Crippen molar-refractivity contribution in [2.24, 2.45) is 0 Å². The summed E-state index contributed by atoms with van der Waals surface area (Å²) in [6.45, 7) is 0. The van der Waals surface area contributed by atoms with Gasteiger partial charge in [0.15, 0.2) is 5.11 Å². The summed E-state index contributed by atoms with van der Waals surface area (Å²) in [5, 5.41) is 8.33. The Labute approximate surface area is 196 Å². The molecule has 0 unspecified atom stereocenters. The lowest BCUT2D eigenvalue weighted by Crippen LogP contribution is -2.56. The standard InChI is InChI=1S/C18H15BrCl3N3O3S/c1-28-15(27)10-5-7-13(8-6-10)23-17(29)25-16(18(20,21)22)24-14(26)11-3-2-4-12(19)9-11/h2-9,16H,1H3,(H,24,26)(H2,23,25,29)/t16-/m0/s1. The minimum absolute atomic E-state index is 0.0988. The van der Waals surface area contributed by atoms with Crippen LogP contribution in [0.2, 0.25) is 0 Å². The van der Waals surface area contributed by atoms with E-state index in [-0.39, 0.29) is 5.11 Å². The van der Waals surface area contributed by atoms with Crippen molar-refractivity contribution in [2.45, 2.75) is 9.96 Å². The number of anilines is 1. The molecule has 154 valence electrons. The SMILES string of the molecule is COC(=O)c1ccc(NC(=S)N[C@H](NC(=O)c2cccc(Br)c2)C(Cl)(Cl)Cl)cc1. The van der Waals surface area contributed by atoms with E-state index in [0.29, 0.717) is 16.8 Å². The molecule has 0 fully saturated rings. The molecule has 0 aliphatic carbocycles. The van der Waals surface area contributed by atoms with E-state index < -0.39 is 21.8 Å². The Bertz CT molecular complexity index is 907. The second-order valence-corrected chi connectivity index (χ2v) is 9.32. The summed E-state index contributed by atoms with van der Waals surface area (Å²) in [6.07, 6.45) is -1.12. The van der Waals surface area contributed by atoms with Crippen LogP contribution in [0.5, 0.6) is 0 Å². The summed E-state index contributed by atoms with van der Waals surface area (Å²) >= 11 is 26.5. The number of benzene rings is 2. The first-order chi connectivity index (χ1) is 13.6. The highest BCUT2D eigenvalue weighted by atomic mass is 79.9. The van der Waals surface area contributed by atoms with Gasteiger partial charge < -0.3 is 20.7 Å². The van der Waals surface area contributed by atoms with Crippen LogP contribution in [0.3, 0.4) is 0 Å². The average Bonchev–Trinajstić information content (AvgIpc) is 2.66. The largest absolute Gasteiger partial charge is 0.465 e. The minimum atomic E-state index is -1.89. The molecule has 0 spiro atoms. The van der Waals surface area contributed by atoms with Gasteiger partial charge in [-0.1, -0.05) is 56.8 Å². The summed E-state index contributed by atoms with van der Waals surface area (Å²) in [5.74, 6) is -0.913. The molecule has 1 amide bonds. The number of nitrogens with one attached hydrogen (secondary N) is 3. The summed E-state index contributed by atoms with van der Waals surface area (Å²) in [5.41, 5.74) is 1.34. The van der Waals surface area contributed by atoms with Gasteiger partial charge in [-0.3, -0.25) is 4.79 Å². The van der Waals surface area contributed by atoms with E-state index in [4.69, 9.17) is 47.0 Å². The predicted octanol–water partition coefficient (Wildman–Crippen LogP) is 4.65. The first-order valence-electron chi connectivity index (χ1n) is 7.99. The van der Waals surface area contributed by atoms with Crippen LogP contribution in [0.25, 0.3) is 0 Å². The van der Waals surface area contributed by atoms with Crippen molar-refractivity contribution < 1.29 is 14.3 Å². The Morgan fingerprint density at radius 2 is 1.72 bits per heavy atom. The van der Waals surface area contributed by atoms with Crippen LogP contribution in [-0.4, -0.2) is 34.1 Å². The van der Waals surface area contributed by atoms with Gasteiger partial charge >= 0.3 is 5.97 Å². The van der Waals surface area contributed by atoms with E-state index in [9.17, 15) is 9.59 Å². The van der Waals surface area contributed by atoms with Crippen molar-refractivity contribution in [1.29, 1.82) is 0 Å². The van der Waals surface area contributed by atoms with Crippen LogP contribution in [0, 0.1) is 0 Å². The summed E-state index contributed by atoms with van der Waals surface area (Å²) in [7, 11) is 1.30. The summed E-state index contributed by atoms with van der Waals surface area (Å²) in [6, 6.07) is 13.1. The molecule has 2 aromatic rings. The number of thiocarbonyl (C=S) groups is 1. The van der Waals surface area contributed by atoms with Crippen LogP contribution in [0.15, 0.2) is 53.0 Å². The number of hydrogen-bond acceptors (Lipinski definition) is 4. The normalized spacial score (nSPS) is 11.9. The van der Waals surface area contributed by atoms with Crippen molar-refractivity contribution in [1.82, 2.24) is 10.6 Å². The van der Waals surface area contributed by atoms with Crippen LogP contribution in [0.4, 0.5) is 5.69 Å². The molecule has 1 atom stereocenters. The zero-order valence-electron chi connectivity index (χ0n) is 14.8. The second kappa shape index (κ2) is 10.4. The third-order valence-corrected chi connectivity index (χ3v) is 4.90. The van der Waals surface area contributed by atoms with E-state index in [1.165, 1.54) is 7.11 Å². The number of esters is 1. The molecular formula is C18H15BrCl3N3O3S. The minimum Gasteiger partial charge on any atom is -0.465 e. The number of hydrogen-bond donors (Lipinski definition) is 3. The first kappa shape index (κ1) is 23.7. The highest BCUT2D eigenvalue weighted by Crippen LogP contribution is 2.29. The van der Waals surface area contributed by atoms with Gasteiger partial charge in [0, 0.05) is 15.7 Å². The third kappa shape index (κ3) is 7.31. The molecule has 2 rings (SSSR count). The van der Waals surface area contributed by atoms with Crippen molar-refractivity contribution in [3.8, 4) is 0 Å². The molecule has 0 heterocycles. The van der Waals surface area contributed by atoms with Crippen LogP contribution in [-0.2, 0) is 4.74 Å². The van der Waals surface area contributed by atoms with Gasteiger partial charge in [0.2, 0.25) is 3.79 Å². The van der Waals surface area contributed by atoms with Gasteiger partial charge in [-0.2, -0.15) is 0 Å². The molecule has 0 radical (unpaired) electrons. The topological polar surface area (TPSA) is 79.5 Å². The van der Waals surface area contributed by atoms with Gasteiger partial charge in [-0.15, -0.1) is 0 Å². The first-order valence-corrected chi connectivity index (χ1v) is 10.3. The Balaban J connectivity index is 2.05. The van der Waals surface area contributed by atoms with E-state index >= 15 is 0 Å². The zero-order chi connectivity index (χ0) is 21.6. The number of ether oxygens (including phenoxy) is 1. The van der Waals surface area contributed by atoms with Crippen molar-refractivity contribution >= 4 is 85.6 Å². The van der Waals surface area contributed by atoms with E-state index in [1.807, 2.05) is 0 Å². The molecule has 29 heavy (non-hydrogen) atoms. The maximum absolute atomic E-state index is 12.5. The van der Waals surface area contributed by atoms with Crippen LogP contribution >= 0.6 is 63.0 Å². The molecule has 3 N–H and O–H groups in total. The Morgan fingerprint density at radius 1 is 1.07 bits per heavy atom. The van der Waals surface area contributed by atoms with Gasteiger partial charge in [0.25, 0.3) is 5.91 Å². The van der Waals surface area contributed by atoms with Gasteiger partial charge in [-0.05, 0) is 54.7 Å². The van der Waals surface area contributed by atoms with E-state index in [0.717, 1.165) is 4.47 Å². The molecule has 0 aliphatic heterocycles. The smallest absolute Gasteiger partial charge is 0.337 e. The highest BCUT2D eigenvalue weighted by molar-refractivity contribution is 9.10. The molecule has 0 aromatic heterocycles. The Hall–Kier alpha value is -1.58. The van der Waals surface area contributed by atoms with E-state index in [1.54, 1.807) is 48.5 Å². The predicted molar refractivity (Wildman–Crippen MR) is 123 cm³/mol. The second-order valence-electron chi connectivity index (χ2n) is 5.63. The Morgan fingerprint density at radius 3 is 2.28 bits per heavy atom. The van der Waals surface area contributed by atoms with Gasteiger partial charge in [0.1, 0.15) is 6.17 Å². The van der Waals surface area contributed by atoms with Crippen LogP contribution in [0.1, 0.15) is 20.7 Å². The van der Waals surface area contributed by atoms with Crippen molar-refractivity contribution in [3.63, 3.8) is 0 Å². The quantitative estimate of drug-likeness (QED) is 0.222. The molecule has 11 heteroatoms. The van der Waals surface area contributed by atoms with E-state index in [2.05, 4.69) is 36.6 Å². The molecule has 6 nitrogen and oxygen atoms in total. The number of carbonyl (C=O) groups excluding carboxylic acids is 2. The monoisotopic (exact) mass is 537 g/mol. The lowest BCUT2D eigenvalue weighted by atomic mass is 10.2. The number of amides is 1. The lowest BCUT2D eigenvalue weighted by Gasteiger charge is -2.27. The molecule has 0 aliphatic rings. The third-order valence-electron chi connectivity index (χ3n) is 3.53. The molecular weight excluding hydrogens is 525 g/mol. The number of alkyl halides is 3. The molecule has 2 aromatic carbocycles. The number of carbonyl (C=O) groups is 2. The number of methoxy groups -OCH3 is 1. The van der Waals surface area contributed by atoms with Crippen molar-refractivity contribution in [2.75, 3.05) is 12.4 Å². The Kier molecular flexibility index (Phi) is 8.54. The van der Waals surface area contributed by atoms with Gasteiger partial charge in [-0.25, -0.2) is 4.79 Å². The van der Waals surface area contributed by atoms with Crippen LogP contribution < -0.4 is 16.0 Å². The maximum atomic E-state index is 12.5. The summed E-state index contributed by atoms with van der Waals surface area (Å²) in [4.78, 5) is 23.9. The molecule has 0 bridgehead atoms.